The van der Waals surface area contributed by atoms with Crippen LogP contribution in [-0.2, 0) is 16.1 Å². The molecule has 0 unspecified atom stereocenters. The van der Waals surface area contributed by atoms with E-state index in [9.17, 15) is 9.59 Å². The van der Waals surface area contributed by atoms with E-state index >= 15 is 0 Å². The molecular formula is C18H23N3O3. The number of nitrogens with one attached hydrogen (secondary N) is 1. The largest absolute Gasteiger partial charge is 0.481 e. The minimum Gasteiger partial charge on any atom is -0.481 e. The van der Waals surface area contributed by atoms with Crippen LogP contribution in [0.25, 0.3) is 11.0 Å². The fourth-order valence-corrected chi connectivity index (χ4v) is 3.44. The van der Waals surface area contributed by atoms with Gasteiger partial charge in [-0.1, -0.05) is 19.1 Å². The summed E-state index contributed by atoms with van der Waals surface area (Å²) in [6.45, 7) is 2.88. The molecule has 6 heteroatoms. The van der Waals surface area contributed by atoms with Gasteiger partial charge < -0.3 is 9.67 Å². The molecule has 1 saturated carbocycles. The van der Waals surface area contributed by atoms with Crippen LogP contribution in [0.5, 0.6) is 0 Å². The highest BCUT2D eigenvalue weighted by Crippen LogP contribution is 2.30. The maximum absolute atomic E-state index is 12.6. The smallest absolute Gasteiger partial charge is 0.306 e. The molecular weight excluding hydrogens is 306 g/mol. The zero-order valence-electron chi connectivity index (χ0n) is 13.9. The highest BCUT2D eigenvalue weighted by Gasteiger charge is 2.30. The average molecular weight is 329 g/mol. The zero-order chi connectivity index (χ0) is 17.1. The van der Waals surface area contributed by atoms with Gasteiger partial charge in [0.05, 0.1) is 17.0 Å². The first-order valence-corrected chi connectivity index (χ1v) is 8.59. The Balaban J connectivity index is 1.74. The lowest BCUT2D eigenvalue weighted by Crippen LogP contribution is -2.30. The van der Waals surface area contributed by atoms with Gasteiger partial charge in [-0.05, 0) is 44.2 Å². The van der Waals surface area contributed by atoms with Crippen LogP contribution in [0.4, 0.5) is 5.95 Å². The Labute approximate surface area is 140 Å². The Morgan fingerprint density at radius 2 is 1.88 bits per heavy atom. The topological polar surface area (TPSA) is 84.2 Å². The Morgan fingerprint density at radius 3 is 2.54 bits per heavy atom. The number of aromatic nitrogens is 2. The van der Waals surface area contributed by atoms with E-state index in [0.29, 0.717) is 31.6 Å². The van der Waals surface area contributed by atoms with Crippen molar-refractivity contribution in [1.82, 2.24) is 9.55 Å². The van der Waals surface area contributed by atoms with Crippen LogP contribution in [0.3, 0.4) is 0 Å². The van der Waals surface area contributed by atoms with E-state index in [2.05, 4.69) is 17.2 Å². The number of fused-ring (bicyclic) bond motifs is 1. The zero-order valence-corrected chi connectivity index (χ0v) is 13.9. The minimum atomic E-state index is -0.751. The second-order valence-electron chi connectivity index (χ2n) is 6.45. The number of anilines is 1. The van der Waals surface area contributed by atoms with Gasteiger partial charge in [0.25, 0.3) is 0 Å². The van der Waals surface area contributed by atoms with Crippen LogP contribution < -0.4 is 5.32 Å². The summed E-state index contributed by atoms with van der Waals surface area (Å²) in [6.07, 6.45) is 3.33. The van der Waals surface area contributed by atoms with Crippen LogP contribution >= 0.6 is 0 Å². The van der Waals surface area contributed by atoms with Crippen molar-refractivity contribution >= 4 is 28.9 Å². The summed E-state index contributed by atoms with van der Waals surface area (Å²) in [5.74, 6) is -0.650. The van der Waals surface area contributed by atoms with Crippen LogP contribution in [0, 0.1) is 11.8 Å². The molecule has 3 rings (SSSR count). The standard InChI is InChI=1S/C18H23N3O3/c1-2-11-21-15-6-4-3-5-14(15)19-18(21)20-16(22)12-7-9-13(10-8-12)17(23)24/h3-6,12-13H,2,7-11H2,1H3,(H,23,24)(H,19,20,22). The normalized spacial score (nSPS) is 20.9. The minimum absolute atomic E-state index is 0.0495. The van der Waals surface area contributed by atoms with E-state index in [0.717, 1.165) is 24.0 Å². The Morgan fingerprint density at radius 1 is 1.21 bits per heavy atom. The van der Waals surface area contributed by atoms with Crippen molar-refractivity contribution in [2.75, 3.05) is 5.32 Å². The van der Waals surface area contributed by atoms with Crippen molar-refractivity contribution in [3.63, 3.8) is 0 Å². The summed E-state index contributed by atoms with van der Waals surface area (Å²) in [5, 5.41) is 12.0. The van der Waals surface area contributed by atoms with Gasteiger partial charge in [-0.15, -0.1) is 0 Å². The number of carbonyl (C=O) groups is 2. The van der Waals surface area contributed by atoms with Gasteiger partial charge in [0.15, 0.2) is 0 Å². The second-order valence-corrected chi connectivity index (χ2v) is 6.45. The molecule has 0 radical (unpaired) electrons. The van der Waals surface area contributed by atoms with Gasteiger partial charge in [-0.25, -0.2) is 4.98 Å². The van der Waals surface area contributed by atoms with E-state index in [1.54, 1.807) is 0 Å². The third-order valence-corrected chi connectivity index (χ3v) is 4.78. The molecule has 0 bridgehead atoms. The molecule has 0 aliphatic heterocycles. The molecule has 2 aromatic rings. The number of rotatable bonds is 5. The number of nitrogens with zero attached hydrogens (tertiary/aromatic N) is 2. The summed E-state index contributed by atoms with van der Waals surface area (Å²) in [6, 6.07) is 7.85. The predicted octanol–water partition coefficient (Wildman–Crippen LogP) is 3.28. The number of aryl methyl sites for hydroxylation is 1. The van der Waals surface area contributed by atoms with Crippen molar-refractivity contribution in [3.05, 3.63) is 24.3 Å². The first-order chi connectivity index (χ1) is 11.6. The number of hydrogen-bond donors (Lipinski definition) is 2. The monoisotopic (exact) mass is 329 g/mol. The maximum atomic E-state index is 12.6. The molecule has 1 fully saturated rings. The molecule has 1 amide bonds. The van der Waals surface area contributed by atoms with Crippen molar-refractivity contribution in [1.29, 1.82) is 0 Å². The Bertz CT molecular complexity index is 745. The van der Waals surface area contributed by atoms with Gasteiger partial charge >= 0.3 is 5.97 Å². The van der Waals surface area contributed by atoms with E-state index in [-0.39, 0.29) is 17.7 Å². The van der Waals surface area contributed by atoms with Crippen LogP contribution in [0.1, 0.15) is 39.0 Å². The maximum Gasteiger partial charge on any atom is 0.306 e. The van der Waals surface area contributed by atoms with Gasteiger partial charge in [0, 0.05) is 12.5 Å². The summed E-state index contributed by atoms with van der Waals surface area (Å²) >= 11 is 0. The number of imidazole rings is 1. The molecule has 1 aliphatic carbocycles. The number of benzene rings is 1. The van der Waals surface area contributed by atoms with Crippen LogP contribution in [0.15, 0.2) is 24.3 Å². The second kappa shape index (κ2) is 7.03. The van der Waals surface area contributed by atoms with E-state index in [1.807, 2.05) is 28.8 Å². The first kappa shape index (κ1) is 16.5. The number of amides is 1. The third kappa shape index (κ3) is 3.27. The number of carbonyl (C=O) groups excluding carboxylic acids is 1. The number of carboxylic acids is 1. The molecule has 6 nitrogen and oxygen atoms in total. The number of carboxylic acid groups (broad SMARTS) is 1. The third-order valence-electron chi connectivity index (χ3n) is 4.78. The molecule has 1 heterocycles. The predicted molar refractivity (Wildman–Crippen MR) is 91.7 cm³/mol. The van der Waals surface area contributed by atoms with Gasteiger partial charge in [-0.3, -0.25) is 14.9 Å². The SMILES string of the molecule is CCCn1c(NC(=O)C2CCC(C(=O)O)CC2)nc2ccccc21. The molecule has 1 aromatic heterocycles. The molecule has 0 saturated heterocycles. The van der Waals surface area contributed by atoms with Crippen LogP contribution in [-0.4, -0.2) is 26.5 Å². The molecule has 2 N–H and O–H groups in total. The van der Waals surface area contributed by atoms with Crippen molar-refractivity contribution in [3.8, 4) is 0 Å². The van der Waals surface area contributed by atoms with E-state index in [1.165, 1.54) is 0 Å². The number of aliphatic carboxylic acids is 1. The molecule has 128 valence electrons. The molecule has 0 atom stereocenters. The molecule has 1 aromatic carbocycles. The summed E-state index contributed by atoms with van der Waals surface area (Å²) in [5.41, 5.74) is 1.89. The van der Waals surface area contributed by atoms with Gasteiger partial charge in [0.2, 0.25) is 11.9 Å². The fraction of sp³-hybridized carbons (Fsp3) is 0.500. The van der Waals surface area contributed by atoms with E-state index in [4.69, 9.17) is 5.11 Å². The van der Waals surface area contributed by atoms with Crippen molar-refractivity contribution in [2.24, 2.45) is 11.8 Å². The van der Waals surface area contributed by atoms with Crippen molar-refractivity contribution < 1.29 is 14.7 Å². The lowest BCUT2D eigenvalue weighted by atomic mass is 9.81. The quantitative estimate of drug-likeness (QED) is 0.881. The average Bonchev–Trinajstić information content (AvgIpc) is 2.93. The lowest BCUT2D eigenvalue weighted by molar-refractivity contribution is -0.143. The number of para-hydroxylation sites is 2. The summed E-state index contributed by atoms with van der Waals surface area (Å²) in [7, 11) is 0. The molecule has 24 heavy (non-hydrogen) atoms. The summed E-state index contributed by atoms with van der Waals surface area (Å²) < 4.78 is 2.04. The van der Waals surface area contributed by atoms with E-state index < -0.39 is 5.97 Å². The van der Waals surface area contributed by atoms with Gasteiger partial charge in [0.1, 0.15) is 0 Å². The number of hydrogen-bond acceptors (Lipinski definition) is 3. The Kier molecular flexibility index (Phi) is 4.83. The van der Waals surface area contributed by atoms with Crippen molar-refractivity contribution in [2.45, 2.75) is 45.6 Å². The first-order valence-electron chi connectivity index (χ1n) is 8.59. The molecule has 0 spiro atoms. The highest BCUT2D eigenvalue weighted by molar-refractivity contribution is 5.93. The Hall–Kier alpha value is -2.37. The lowest BCUT2D eigenvalue weighted by Gasteiger charge is -2.25. The van der Waals surface area contributed by atoms with Crippen LogP contribution in [0.2, 0.25) is 0 Å². The summed E-state index contributed by atoms with van der Waals surface area (Å²) in [4.78, 5) is 28.1. The highest BCUT2D eigenvalue weighted by atomic mass is 16.4. The van der Waals surface area contributed by atoms with Gasteiger partial charge in [-0.2, -0.15) is 0 Å². The fourth-order valence-electron chi connectivity index (χ4n) is 3.44. The molecule has 1 aliphatic rings.